The average Bonchev–Trinajstić information content (AvgIpc) is 0.791. The van der Waals surface area contributed by atoms with Crippen LogP contribution >= 0.6 is 0 Å². The van der Waals surface area contributed by atoms with Gasteiger partial charge in [-0.15, -0.1) is 0 Å². The lowest BCUT2D eigenvalue weighted by molar-refractivity contribution is 0.795. The number of rotatable bonds is 27. The van der Waals surface area contributed by atoms with Gasteiger partial charge in [-0.05, 0) is 287 Å². The van der Waals surface area contributed by atoms with E-state index in [1.165, 1.54) is 82.7 Å². The Balaban J connectivity index is 0.864. The first-order valence-electron chi connectivity index (χ1n) is 36.4. The Kier molecular flexibility index (Phi) is 21.8. The van der Waals surface area contributed by atoms with Crippen LogP contribution in [-0.4, -0.2) is 23.5 Å². The summed E-state index contributed by atoms with van der Waals surface area (Å²) in [5.74, 6) is 0. The molecule has 0 aromatic heterocycles. The molecule has 0 aliphatic rings. The van der Waals surface area contributed by atoms with Crippen molar-refractivity contribution in [3.8, 4) is 0 Å². The number of anilines is 18. The molecule has 0 unspecified atom stereocenters. The van der Waals surface area contributed by atoms with Crippen molar-refractivity contribution in [2.24, 2.45) is 0 Å². The van der Waals surface area contributed by atoms with Crippen molar-refractivity contribution < 1.29 is 0 Å². The highest BCUT2D eigenvalue weighted by molar-refractivity contribution is 6.33. The molecule has 0 atom stereocenters. The highest BCUT2D eigenvalue weighted by Gasteiger charge is 2.23. The van der Waals surface area contributed by atoms with Gasteiger partial charge in [-0.3, -0.25) is 0 Å². The summed E-state index contributed by atoms with van der Waals surface area (Å²) in [7, 11) is 6.45. The Morgan fingerprint density at radius 1 is 0.178 bits per heavy atom. The van der Waals surface area contributed by atoms with Crippen LogP contribution in [0.3, 0.4) is 0 Å². The molecule has 0 aliphatic carbocycles. The van der Waals surface area contributed by atoms with Crippen molar-refractivity contribution in [2.75, 3.05) is 29.4 Å². The molecular weight excluding hydrogens is 1220 g/mol. The molecule has 13 aromatic carbocycles. The van der Waals surface area contributed by atoms with Crippen LogP contribution in [0, 0.1) is 13.8 Å². The van der Waals surface area contributed by atoms with Crippen LogP contribution in [0.15, 0.2) is 315 Å². The smallest absolute Gasteiger partial charge is 0.139 e. The maximum atomic E-state index is 2.39. The first-order chi connectivity index (χ1) is 49.5. The molecule has 0 aliphatic heterocycles. The minimum Gasteiger partial charge on any atom is -0.311 e. The van der Waals surface area contributed by atoms with E-state index in [0.717, 1.165) is 122 Å². The molecule has 101 heavy (non-hydrogen) atoms. The monoisotopic (exact) mass is 1310 g/mol. The van der Waals surface area contributed by atoms with Gasteiger partial charge >= 0.3 is 0 Å². The lowest BCUT2D eigenvalue weighted by Crippen LogP contribution is -2.14. The maximum Gasteiger partial charge on any atom is 0.139 e. The summed E-state index contributed by atoms with van der Waals surface area (Å²) in [6, 6.07) is 117. The fourth-order valence-corrected chi connectivity index (χ4v) is 13.5. The molecule has 6 nitrogen and oxygen atoms in total. The summed E-state index contributed by atoms with van der Waals surface area (Å²) in [4.78, 5) is 14.2. The van der Waals surface area contributed by atoms with Crippen molar-refractivity contribution in [3.05, 3.63) is 343 Å². The zero-order valence-corrected chi connectivity index (χ0v) is 60.1. The van der Waals surface area contributed by atoms with E-state index in [4.69, 9.17) is 0 Å². The van der Waals surface area contributed by atoms with Gasteiger partial charge in [0.2, 0.25) is 0 Å². The van der Waals surface area contributed by atoms with E-state index in [0.29, 0.717) is 0 Å². The summed E-state index contributed by atoms with van der Waals surface area (Å²) in [5.41, 5.74) is 29.7. The minimum absolute atomic E-state index is 1.03. The molecule has 0 saturated heterocycles. The normalized spacial score (nSPS) is 11.1. The molecule has 0 amide bonds. The Hall–Kier alpha value is -11.1. The molecule has 13 aromatic rings. The molecule has 0 N–H and O–H groups in total. The third kappa shape index (κ3) is 16.3. The Bertz CT molecular complexity index is 4600. The van der Waals surface area contributed by atoms with Gasteiger partial charge < -0.3 is 29.4 Å². The van der Waals surface area contributed by atoms with Crippen LogP contribution in [0.5, 0.6) is 0 Å². The molecule has 13 rings (SSSR count). The second-order valence-electron chi connectivity index (χ2n) is 27.1. The Morgan fingerprint density at radius 3 is 0.436 bits per heavy atom. The van der Waals surface area contributed by atoms with Crippen LogP contribution in [0.4, 0.5) is 102 Å². The average molecular weight is 1310 g/mol. The molecule has 0 radical (unpaired) electrons. The van der Waals surface area contributed by atoms with Gasteiger partial charge in [0.1, 0.15) is 23.5 Å². The molecule has 498 valence electrons. The second-order valence-corrected chi connectivity index (χ2v) is 27.1. The minimum atomic E-state index is 1.03. The van der Waals surface area contributed by atoms with Crippen molar-refractivity contribution >= 4 is 142 Å². The zero-order valence-electron chi connectivity index (χ0n) is 60.1. The van der Waals surface area contributed by atoms with Gasteiger partial charge in [0.25, 0.3) is 0 Å². The predicted molar refractivity (Wildman–Crippen MR) is 444 cm³/mol. The number of hydrogen-bond donors (Lipinski definition) is 0. The van der Waals surface area contributed by atoms with Gasteiger partial charge in [0.05, 0.1) is 0 Å². The molecule has 0 fully saturated rings. The predicted octanol–water partition coefficient (Wildman–Crippen LogP) is 21.9. The largest absolute Gasteiger partial charge is 0.311 e. The fraction of sp³-hybridized carbons (Fsp3) is 0.152. The third-order valence-electron chi connectivity index (χ3n) is 19.3. The van der Waals surface area contributed by atoms with E-state index in [-0.39, 0.29) is 0 Å². The van der Waals surface area contributed by atoms with E-state index >= 15 is 0 Å². The number of benzene rings is 13. The van der Waals surface area contributed by atoms with Crippen molar-refractivity contribution in [1.29, 1.82) is 0 Å². The number of unbranched alkanes of at least 4 members (excludes halogenated alkanes) is 3. The van der Waals surface area contributed by atoms with E-state index in [2.05, 4.69) is 403 Å². The molecule has 0 spiro atoms. The van der Waals surface area contributed by atoms with E-state index < -0.39 is 0 Å². The summed E-state index contributed by atoms with van der Waals surface area (Å²) in [6.07, 6.45) is 10.3. The first-order valence-corrected chi connectivity index (χ1v) is 36.4. The highest BCUT2D eigenvalue weighted by Crippen LogP contribution is 2.46. The summed E-state index contributed by atoms with van der Waals surface area (Å²) in [5, 5.41) is 0. The van der Waals surface area contributed by atoms with Gasteiger partial charge in [0, 0.05) is 102 Å². The molecule has 0 bridgehead atoms. The van der Waals surface area contributed by atoms with Gasteiger partial charge in [-0.1, -0.05) is 165 Å². The van der Waals surface area contributed by atoms with Crippen LogP contribution in [-0.2, 0) is 19.3 Å². The summed E-state index contributed by atoms with van der Waals surface area (Å²) >= 11 is 0. The van der Waals surface area contributed by atoms with Crippen LogP contribution < -0.4 is 45.8 Å². The van der Waals surface area contributed by atoms with E-state index in [1.807, 2.05) is 0 Å². The van der Waals surface area contributed by atoms with Crippen molar-refractivity contribution in [2.45, 2.75) is 92.4 Å². The van der Waals surface area contributed by atoms with Crippen LogP contribution in [0.25, 0.3) is 0 Å². The number of hydrogen-bond acceptors (Lipinski definition) is 6. The van der Waals surface area contributed by atoms with Crippen LogP contribution in [0.1, 0.15) is 87.1 Å². The van der Waals surface area contributed by atoms with Crippen molar-refractivity contribution in [3.63, 3.8) is 0 Å². The quantitative estimate of drug-likeness (QED) is 0.0475. The number of aryl methyl sites for hydroxylation is 5. The van der Waals surface area contributed by atoms with Crippen molar-refractivity contribution in [1.82, 2.24) is 0 Å². The molecule has 0 heterocycles. The van der Waals surface area contributed by atoms with E-state index in [1.54, 1.807) is 0 Å². The summed E-state index contributed by atoms with van der Waals surface area (Å²) < 4.78 is 0. The first kappa shape index (κ1) is 68.4. The lowest BCUT2D eigenvalue weighted by atomic mass is 9.96. The molecular formula is C92H91B3N6. The van der Waals surface area contributed by atoms with Gasteiger partial charge in [0.15, 0.2) is 0 Å². The third-order valence-corrected chi connectivity index (χ3v) is 19.3. The maximum absolute atomic E-state index is 2.39. The molecule has 0 saturated carbocycles. The fourth-order valence-electron chi connectivity index (χ4n) is 13.5. The SMILES string of the molecule is Bc1ccc(N(c2ccc(CCCC)cc2)c2ccc(N(c3ccc(N(c4ccc(B)cc4)c4ccc(CCCC)cc4)cc3)c3ccc(N(c4ccc(C)cc4)c4ccc(N(c5ccc(B)cc5)c5ccc(N(c6ccc(C)cc6)c6ccc(CCCC)cc6)cc5)cc4)cc3)cc2)cc1. The highest BCUT2D eigenvalue weighted by atomic mass is 15.2. The van der Waals surface area contributed by atoms with Crippen LogP contribution in [0.2, 0.25) is 0 Å². The topological polar surface area (TPSA) is 19.4 Å². The Morgan fingerprint density at radius 2 is 0.297 bits per heavy atom. The van der Waals surface area contributed by atoms with Gasteiger partial charge in [-0.25, -0.2) is 0 Å². The zero-order chi connectivity index (χ0) is 69.6. The standard InChI is InChI=1S/C92H91B3N6/c1-6-9-12-69-19-35-77(36-20-69)96(75-31-15-67(4)16-32-75)83-47-57-88(58-48-83)100(82-45-29-74(95)30-46-82)89-59-49-84(50-60-89)97(76-33-17-68(5)18-34-76)85-51-61-90(62-52-85)101(91-63-53-86(54-64-91)98(80-41-25-72(93)26-42-80)78-37-21-70(22-38-78)13-10-7-2)92-65-55-87(56-66-92)99(81-43-27-73(94)28-44-81)79-39-23-71(24-40-79)14-11-8-3/h15-66H,6-14,93-95H2,1-5H3. The van der Waals surface area contributed by atoms with E-state index in [9.17, 15) is 0 Å². The van der Waals surface area contributed by atoms with Gasteiger partial charge in [-0.2, -0.15) is 0 Å². The second kappa shape index (κ2) is 32.2. The molecule has 9 heteroatoms. The number of nitrogens with zero attached hydrogens (tertiary/aromatic N) is 6. The lowest BCUT2D eigenvalue weighted by Gasteiger charge is -2.31. The summed E-state index contributed by atoms with van der Waals surface area (Å²) in [6.45, 7) is 11.1. The Labute approximate surface area is 603 Å².